The number of nitrogens with one attached hydrogen (secondary N) is 1. The molecule has 3 aromatic rings. The van der Waals surface area contributed by atoms with Crippen molar-refractivity contribution < 1.29 is 4.74 Å². The first-order valence-corrected chi connectivity index (χ1v) is 5.69. The largest absolute Gasteiger partial charge is 0.497 e. The number of aromatic nitrogens is 2. The van der Waals surface area contributed by atoms with Gasteiger partial charge in [0.15, 0.2) is 5.82 Å². The molecule has 0 spiro atoms. The molecule has 0 amide bonds. The molecule has 1 aromatic carbocycles. The van der Waals surface area contributed by atoms with Gasteiger partial charge >= 0.3 is 0 Å². The summed E-state index contributed by atoms with van der Waals surface area (Å²) in [5, 5.41) is 2.16. The SMILES string of the molecule is COc1ccc2ccnc(Nn3cccc3)c2c1. The van der Waals surface area contributed by atoms with Gasteiger partial charge in [-0.3, -0.25) is 10.1 Å². The summed E-state index contributed by atoms with van der Waals surface area (Å²) in [6.45, 7) is 0. The average Bonchev–Trinajstić information content (AvgIpc) is 2.91. The first-order chi connectivity index (χ1) is 8.86. The van der Waals surface area contributed by atoms with Crippen molar-refractivity contribution >= 4 is 16.6 Å². The van der Waals surface area contributed by atoms with Crippen LogP contribution in [0.2, 0.25) is 0 Å². The van der Waals surface area contributed by atoms with Gasteiger partial charge in [-0.15, -0.1) is 0 Å². The van der Waals surface area contributed by atoms with Crippen molar-refractivity contribution in [2.75, 3.05) is 12.5 Å². The maximum absolute atomic E-state index is 5.25. The minimum absolute atomic E-state index is 0.808. The maximum atomic E-state index is 5.25. The number of hydrogen-bond acceptors (Lipinski definition) is 3. The molecule has 0 radical (unpaired) electrons. The average molecular weight is 239 g/mol. The molecule has 3 rings (SSSR count). The van der Waals surface area contributed by atoms with Crippen LogP contribution in [-0.2, 0) is 0 Å². The number of hydrogen-bond donors (Lipinski definition) is 1. The molecule has 0 saturated heterocycles. The van der Waals surface area contributed by atoms with E-state index in [9.17, 15) is 0 Å². The molecule has 2 heterocycles. The molecule has 2 aromatic heterocycles. The van der Waals surface area contributed by atoms with Crippen molar-refractivity contribution in [3.8, 4) is 5.75 Å². The molecule has 0 atom stereocenters. The Kier molecular flexibility index (Phi) is 2.61. The van der Waals surface area contributed by atoms with E-state index in [0.717, 1.165) is 22.3 Å². The predicted octanol–water partition coefficient (Wildman–Crippen LogP) is 2.92. The quantitative estimate of drug-likeness (QED) is 0.763. The van der Waals surface area contributed by atoms with Crippen LogP contribution in [0.1, 0.15) is 0 Å². The second kappa shape index (κ2) is 4.41. The molecule has 18 heavy (non-hydrogen) atoms. The molecule has 0 aliphatic rings. The Hall–Kier alpha value is -2.49. The van der Waals surface area contributed by atoms with E-state index in [4.69, 9.17) is 4.74 Å². The van der Waals surface area contributed by atoms with Crippen LogP contribution in [0, 0.1) is 0 Å². The van der Waals surface area contributed by atoms with Crippen molar-refractivity contribution in [1.82, 2.24) is 9.66 Å². The van der Waals surface area contributed by atoms with Gasteiger partial charge < -0.3 is 4.74 Å². The van der Waals surface area contributed by atoms with Crippen LogP contribution in [0.4, 0.5) is 5.82 Å². The number of benzene rings is 1. The van der Waals surface area contributed by atoms with E-state index in [2.05, 4.69) is 10.4 Å². The van der Waals surface area contributed by atoms with Crippen molar-refractivity contribution in [2.24, 2.45) is 0 Å². The summed E-state index contributed by atoms with van der Waals surface area (Å²) in [4.78, 5) is 4.37. The molecule has 0 unspecified atom stereocenters. The lowest BCUT2D eigenvalue weighted by Crippen LogP contribution is -2.07. The highest BCUT2D eigenvalue weighted by atomic mass is 16.5. The van der Waals surface area contributed by atoms with E-state index < -0.39 is 0 Å². The Morgan fingerprint density at radius 3 is 2.78 bits per heavy atom. The van der Waals surface area contributed by atoms with Crippen LogP contribution < -0.4 is 10.2 Å². The fourth-order valence-electron chi connectivity index (χ4n) is 1.89. The zero-order valence-electron chi connectivity index (χ0n) is 10.00. The number of rotatable bonds is 3. The highest BCUT2D eigenvalue weighted by molar-refractivity contribution is 5.92. The van der Waals surface area contributed by atoms with E-state index >= 15 is 0 Å². The number of ether oxygens (including phenoxy) is 1. The fraction of sp³-hybridized carbons (Fsp3) is 0.0714. The standard InChI is InChI=1S/C14H13N3O/c1-18-12-5-4-11-6-7-15-14(13(11)10-12)16-17-8-2-3-9-17/h2-10H,1H3,(H,15,16). The summed E-state index contributed by atoms with van der Waals surface area (Å²) in [6.07, 6.45) is 5.65. The molecule has 0 saturated carbocycles. The Morgan fingerprint density at radius 1 is 1.17 bits per heavy atom. The second-order valence-corrected chi connectivity index (χ2v) is 3.95. The van der Waals surface area contributed by atoms with E-state index in [1.807, 2.05) is 53.5 Å². The number of nitrogens with zero attached hydrogens (tertiary/aromatic N) is 2. The summed E-state index contributed by atoms with van der Waals surface area (Å²) < 4.78 is 7.11. The van der Waals surface area contributed by atoms with Crippen LogP contribution in [0.5, 0.6) is 5.75 Å². The van der Waals surface area contributed by atoms with Crippen molar-refractivity contribution in [3.05, 3.63) is 55.0 Å². The molecular formula is C14H13N3O. The Balaban J connectivity index is 2.10. The van der Waals surface area contributed by atoms with Gasteiger partial charge in [-0.1, -0.05) is 6.07 Å². The van der Waals surface area contributed by atoms with Crippen LogP contribution >= 0.6 is 0 Å². The predicted molar refractivity (Wildman–Crippen MR) is 71.7 cm³/mol. The third-order valence-corrected chi connectivity index (χ3v) is 2.81. The van der Waals surface area contributed by atoms with Crippen LogP contribution in [0.25, 0.3) is 10.8 Å². The van der Waals surface area contributed by atoms with Crippen molar-refractivity contribution in [2.45, 2.75) is 0 Å². The summed E-state index contributed by atoms with van der Waals surface area (Å²) >= 11 is 0. The van der Waals surface area contributed by atoms with Gasteiger partial charge in [0.05, 0.1) is 7.11 Å². The van der Waals surface area contributed by atoms with Crippen LogP contribution in [-0.4, -0.2) is 16.8 Å². The van der Waals surface area contributed by atoms with Gasteiger partial charge in [-0.2, -0.15) is 0 Å². The van der Waals surface area contributed by atoms with Gasteiger partial charge in [0.2, 0.25) is 0 Å². The number of anilines is 1. The van der Waals surface area contributed by atoms with Crippen LogP contribution in [0.3, 0.4) is 0 Å². The third-order valence-electron chi connectivity index (χ3n) is 2.81. The molecule has 90 valence electrons. The van der Waals surface area contributed by atoms with Crippen molar-refractivity contribution in [1.29, 1.82) is 0 Å². The Morgan fingerprint density at radius 2 is 2.00 bits per heavy atom. The zero-order chi connectivity index (χ0) is 12.4. The molecule has 0 fully saturated rings. The lowest BCUT2D eigenvalue weighted by molar-refractivity contribution is 0.415. The zero-order valence-corrected chi connectivity index (χ0v) is 10.00. The normalized spacial score (nSPS) is 10.5. The van der Waals surface area contributed by atoms with Crippen LogP contribution in [0.15, 0.2) is 55.0 Å². The minimum Gasteiger partial charge on any atom is -0.497 e. The minimum atomic E-state index is 0.808. The summed E-state index contributed by atoms with van der Waals surface area (Å²) in [6, 6.07) is 11.8. The van der Waals surface area contributed by atoms with E-state index in [-0.39, 0.29) is 0 Å². The monoisotopic (exact) mass is 239 g/mol. The summed E-state index contributed by atoms with van der Waals surface area (Å²) in [5.74, 6) is 1.63. The number of pyridine rings is 1. The van der Waals surface area contributed by atoms with E-state index in [0.29, 0.717) is 0 Å². The molecule has 0 bridgehead atoms. The topological polar surface area (TPSA) is 39.1 Å². The second-order valence-electron chi connectivity index (χ2n) is 3.95. The third kappa shape index (κ3) is 1.88. The molecule has 0 aliphatic heterocycles. The van der Waals surface area contributed by atoms with E-state index in [1.165, 1.54) is 0 Å². The molecular weight excluding hydrogens is 226 g/mol. The Bertz CT molecular complexity index is 662. The first-order valence-electron chi connectivity index (χ1n) is 5.69. The number of fused-ring (bicyclic) bond motifs is 1. The van der Waals surface area contributed by atoms with Gasteiger partial charge in [0.1, 0.15) is 5.75 Å². The molecule has 4 nitrogen and oxygen atoms in total. The van der Waals surface area contributed by atoms with Gasteiger partial charge in [-0.05, 0) is 35.7 Å². The number of methoxy groups -OCH3 is 1. The smallest absolute Gasteiger partial charge is 0.152 e. The van der Waals surface area contributed by atoms with Gasteiger partial charge in [0.25, 0.3) is 0 Å². The lowest BCUT2D eigenvalue weighted by atomic mass is 10.1. The summed E-state index contributed by atoms with van der Waals surface area (Å²) in [7, 11) is 1.66. The fourth-order valence-corrected chi connectivity index (χ4v) is 1.89. The summed E-state index contributed by atoms with van der Waals surface area (Å²) in [5.41, 5.74) is 3.23. The van der Waals surface area contributed by atoms with Crippen molar-refractivity contribution in [3.63, 3.8) is 0 Å². The van der Waals surface area contributed by atoms with Gasteiger partial charge in [0, 0.05) is 24.0 Å². The maximum Gasteiger partial charge on any atom is 0.152 e. The van der Waals surface area contributed by atoms with Gasteiger partial charge in [-0.25, -0.2) is 4.98 Å². The van der Waals surface area contributed by atoms with E-state index in [1.54, 1.807) is 13.3 Å². The first kappa shape index (κ1) is 10.7. The Labute approximate surface area is 105 Å². The highest BCUT2D eigenvalue weighted by Gasteiger charge is 2.03. The highest BCUT2D eigenvalue weighted by Crippen LogP contribution is 2.25. The lowest BCUT2D eigenvalue weighted by Gasteiger charge is -2.10. The molecule has 0 aliphatic carbocycles. The molecule has 1 N–H and O–H groups in total. The molecule has 4 heteroatoms.